The molecule has 0 spiro atoms. The van der Waals surface area contributed by atoms with Crippen molar-refractivity contribution in [2.45, 2.75) is 25.2 Å². The SMILES string of the molecule is CCC(=O)Nc1ccc(S(=O)(=O)N(CC)CC(=O)Nc2cccc(OC)c2)cc1. The topological polar surface area (TPSA) is 105 Å². The lowest BCUT2D eigenvalue weighted by molar-refractivity contribution is -0.117. The van der Waals surface area contributed by atoms with Gasteiger partial charge in [-0.2, -0.15) is 4.31 Å². The quantitative estimate of drug-likeness (QED) is 0.650. The number of ether oxygens (including phenoxy) is 1. The number of carbonyl (C=O) groups is 2. The van der Waals surface area contributed by atoms with Crippen molar-refractivity contribution in [3.63, 3.8) is 0 Å². The number of carbonyl (C=O) groups excluding carboxylic acids is 2. The lowest BCUT2D eigenvalue weighted by Crippen LogP contribution is -2.37. The molecule has 0 aromatic heterocycles. The molecule has 0 saturated heterocycles. The second-order valence-corrected chi connectivity index (χ2v) is 8.08. The Bertz CT molecular complexity index is 958. The Kier molecular flexibility index (Phi) is 7.74. The van der Waals surface area contributed by atoms with Gasteiger partial charge < -0.3 is 15.4 Å². The number of likely N-dealkylation sites (N-methyl/N-ethyl adjacent to an activating group) is 1. The summed E-state index contributed by atoms with van der Waals surface area (Å²) in [7, 11) is -2.35. The molecule has 2 rings (SSSR count). The predicted octanol–water partition coefficient (Wildman–Crippen LogP) is 2.69. The summed E-state index contributed by atoms with van der Waals surface area (Å²) >= 11 is 0. The highest BCUT2D eigenvalue weighted by atomic mass is 32.2. The van der Waals surface area contributed by atoms with Gasteiger partial charge in [-0.3, -0.25) is 9.59 Å². The van der Waals surface area contributed by atoms with Crippen LogP contribution in [0.25, 0.3) is 0 Å². The van der Waals surface area contributed by atoms with Crippen molar-refractivity contribution < 1.29 is 22.7 Å². The molecule has 8 nitrogen and oxygen atoms in total. The number of benzene rings is 2. The molecule has 0 saturated carbocycles. The number of nitrogens with one attached hydrogen (secondary N) is 2. The first kappa shape index (κ1) is 22.4. The van der Waals surface area contributed by atoms with Gasteiger partial charge in [-0.1, -0.05) is 19.9 Å². The summed E-state index contributed by atoms with van der Waals surface area (Å²) in [5.74, 6) is -0.0430. The standard InChI is InChI=1S/C20H25N3O5S/c1-4-19(24)21-15-9-11-18(12-10-15)29(26,27)23(5-2)14-20(25)22-16-7-6-8-17(13-16)28-3/h6-13H,4-5,14H2,1-3H3,(H,21,24)(H,22,25). The zero-order valence-corrected chi connectivity index (χ0v) is 17.5. The number of amides is 2. The van der Waals surface area contributed by atoms with Crippen LogP contribution in [-0.2, 0) is 19.6 Å². The lowest BCUT2D eigenvalue weighted by atomic mass is 10.3. The summed E-state index contributed by atoms with van der Waals surface area (Å²) < 4.78 is 32.0. The lowest BCUT2D eigenvalue weighted by Gasteiger charge is -2.20. The first-order valence-corrected chi connectivity index (χ1v) is 10.6. The third kappa shape index (κ3) is 6.03. The molecule has 0 aliphatic heterocycles. The highest BCUT2D eigenvalue weighted by Gasteiger charge is 2.25. The van der Waals surface area contributed by atoms with Crippen LogP contribution in [0.2, 0.25) is 0 Å². The third-order valence-electron chi connectivity index (χ3n) is 4.12. The van der Waals surface area contributed by atoms with Gasteiger partial charge in [0.15, 0.2) is 0 Å². The molecule has 29 heavy (non-hydrogen) atoms. The minimum absolute atomic E-state index is 0.0445. The van der Waals surface area contributed by atoms with E-state index in [4.69, 9.17) is 4.74 Å². The van der Waals surface area contributed by atoms with Gasteiger partial charge in [0.25, 0.3) is 0 Å². The second-order valence-electron chi connectivity index (χ2n) is 6.14. The first-order chi connectivity index (χ1) is 13.8. The highest BCUT2D eigenvalue weighted by Crippen LogP contribution is 2.20. The fourth-order valence-corrected chi connectivity index (χ4v) is 3.94. The maximum Gasteiger partial charge on any atom is 0.243 e. The largest absolute Gasteiger partial charge is 0.497 e. The summed E-state index contributed by atoms with van der Waals surface area (Å²) in [5, 5.41) is 5.33. The number of anilines is 2. The fraction of sp³-hybridized carbons (Fsp3) is 0.300. The van der Waals surface area contributed by atoms with Crippen molar-refractivity contribution in [3.8, 4) is 5.75 Å². The Morgan fingerprint density at radius 2 is 1.62 bits per heavy atom. The number of methoxy groups -OCH3 is 1. The van der Waals surface area contributed by atoms with Crippen molar-refractivity contribution in [2.24, 2.45) is 0 Å². The molecule has 0 bridgehead atoms. The smallest absolute Gasteiger partial charge is 0.243 e. The maximum atomic E-state index is 12.9. The molecular weight excluding hydrogens is 394 g/mol. The maximum absolute atomic E-state index is 12.9. The van der Waals surface area contributed by atoms with Crippen LogP contribution in [-0.4, -0.2) is 44.7 Å². The van der Waals surface area contributed by atoms with E-state index in [0.717, 1.165) is 4.31 Å². The molecule has 0 atom stereocenters. The Hall–Kier alpha value is -2.91. The normalized spacial score (nSPS) is 11.2. The molecule has 0 aliphatic rings. The summed E-state index contributed by atoms with van der Waals surface area (Å²) in [4.78, 5) is 23.8. The van der Waals surface area contributed by atoms with Gasteiger partial charge in [0.05, 0.1) is 18.6 Å². The Balaban J connectivity index is 2.10. The minimum atomic E-state index is -3.87. The van der Waals surface area contributed by atoms with E-state index in [2.05, 4.69) is 10.6 Å². The van der Waals surface area contributed by atoms with Crippen LogP contribution >= 0.6 is 0 Å². The van der Waals surface area contributed by atoms with Gasteiger partial charge in [-0.05, 0) is 36.4 Å². The number of hydrogen-bond donors (Lipinski definition) is 2. The molecule has 2 aromatic rings. The number of hydrogen-bond acceptors (Lipinski definition) is 5. The zero-order chi connectivity index (χ0) is 21.4. The average molecular weight is 420 g/mol. The Labute approximate surface area is 170 Å². The monoisotopic (exact) mass is 419 g/mol. The van der Waals surface area contributed by atoms with Crippen molar-refractivity contribution in [1.82, 2.24) is 4.31 Å². The van der Waals surface area contributed by atoms with E-state index in [1.165, 1.54) is 31.4 Å². The van der Waals surface area contributed by atoms with E-state index >= 15 is 0 Å². The van der Waals surface area contributed by atoms with Gasteiger partial charge in [0.1, 0.15) is 5.75 Å². The zero-order valence-electron chi connectivity index (χ0n) is 16.6. The van der Waals surface area contributed by atoms with Crippen LogP contribution in [0.3, 0.4) is 0 Å². The average Bonchev–Trinajstić information content (AvgIpc) is 2.72. The molecule has 2 amide bonds. The van der Waals surface area contributed by atoms with Crippen LogP contribution in [0.5, 0.6) is 5.75 Å². The van der Waals surface area contributed by atoms with Crippen LogP contribution in [0.15, 0.2) is 53.4 Å². The Morgan fingerprint density at radius 3 is 2.21 bits per heavy atom. The van der Waals surface area contributed by atoms with Crippen LogP contribution < -0.4 is 15.4 Å². The molecule has 0 heterocycles. The fourth-order valence-electron chi connectivity index (χ4n) is 2.54. The van der Waals surface area contributed by atoms with Crippen molar-refractivity contribution in [3.05, 3.63) is 48.5 Å². The van der Waals surface area contributed by atoms with Gasteiger partial charge in [0, 0.05) is 30.4 Å². The van der Waals surface area contributed by atoms with E-state index < -0.39 is 15.9 Å². The number of sulfonamides is 1. The molecule has 0 unspecified atom stereocenters. The first-order valence-electron chi connectivity index (χ1n) is 9.14. The van der Waals surface area contributed by atoms with E-state index in [-0.39, 0.29) is 23.9 Å². The van der Waals surface area contributed by atoms with E-state index in [1.54, 1.807) is 38.1 Å². The minimum Gasteiger partial charge on any atom is -0.497 e. The summed E-state index contributed by atoms with van der Waals surface area (Å²) in [5.41, 5.74) is 1.02. The highest BCUT2D eigenvalue weighted by molar-refractivity contribution is 7.89. The molecule has 0 fully saturated rings. The van der Waals surface area contributed by atoms with Gasteiger partial charge in [0.2, 0.25) is 21.8 Å². The molecule has 0 radical (unpaired) electrons. The van der Waals surface area contributed by atoms with Gasteiger partial charge >= 0.3 is 0 Å². The summed E-state index contributed by atoms with van der Waals surface area (Å²) in [6, 6.07) is 12.6. The van der Waals surface area contributed by atoms with E-state index in [9.17, 15) is 18.0 Å². The number of nitrogens with zero attached hydrogens (tertiary/aromatic N) is 1. The summed E-state index contributed by atoms with van der Waals surface area (Å²) in [6.07, 6.45) is 0.325. The molecule has 0 aliphatic carbocycles. The molecule has 2 aromatic carbocycles. The van der Waals surface area contributed by atoms with Crippen LogP contribution in [0, 0.1) is 0 Å². The predicted molar refractivity (Wildman–Crippen MR) is 111 cm³/mol. The molecule has 9 heteroatoms. The van der Waals surface area contributed by atoms with Gasteiger partial charge in [-0.15, -0.1) is 0 Å². The second kappa shape index (κ2) is 10.0. The van der Waals surface area contributed by atoms with E-state index in [1.807, 2.05) is 0 Å². The molecular formula is C20H25N3O5S. The van der Waals surface area contributed by atoms with Crippen LogP contribution in [0.1, 0.15) is 20.3 Å². The van der Waals surface area contributed by atoms with Gasteiger partial charge in [-0.25, -0.2) is 8.42 Å². The van der Waals surface area contributed by atoms with Crippen LogP contribution in [0.4, 0.5) is 11.4 Å². The molecule has 2 N–H and O–H groups in total. The third-order valence-corrected chi connectivity index (χ3v) is 6.06. The van der Waals surface area contributed by atoms with Crippen molar-refractivity contribution >= 4 is 33.2 Å². The van der Waals surface area contributed by atoms with Crippen molar-refractivity contribution in [1.29, 1.82) is 0 Å². The van der Waals surface area contributed by atoms with E-state index in [0.29, 0.717) is 23.5 Å². The Morgan fingerprint density at radius 1 is 0.966 bits per heavy atom. The van der Waals surface area contributed by atoms with Crippen molar-refractivity contribution in [2.75, 3.05) is 30.8 Å². The summed E-state index contributed by atoms with van der Waals surface area (Å²) in [6.45, 7) is 3.18. The molecule has 156 valence electrons. The number of rotatable bonds is 9.